The average Bonchev–Trinajstić information content (AvgIpc) is 0.779. The van der Waals surface area contributed by atoms with Crippen LogP contribution in [0.4, 0.5) is 34.1 Å². The topological polar surface area (TPSA) is 6.48 Å². The minimum atomic E-state index is 1.07. The zero-order valence-electron chi connectivity index (χ0n) is 54.0. The molecule has 0 N–H and O–H groups in total. The molecule has 0 amide bonds. The predicted molar refractivity (Wildman–Crippen MR) is 417 cm³/mol. The number of hydrogen-bond acceptors (Lipinski definition) is 2. The minimum Gasteiger partial charge on any atom is -0.310 e. The lowest BCUT2D eigenvalue weighted by Crippen LogP contribution is -2.12. The molecule has 2 nitrogen and oxygen atoms in total. The van der Waals surface area contributed by atoms with Crippen molar-refractivity contribution < 1.29 is 0 Å². The summed E-state index contributed by atoms with van der Waals surface area (Å²) in [5.74, 6) is 0. The largest absolute Gasteiger partial charge is 0.310 e. The number of nitrogens with zero attached hydrogens (tertiary/aromatic N) is 2. The Morgan fingerprint density at radius 1 is 0.133 bits per heavy atom. The van der Waals surface area contributed by atoms with Crippen molar-refractivity contribution in [3.05, 3.63) is 400 Å². The van der Waals surface area contributed by atoms with Crippen LogP contribution in [-0.2, 0) is 0 Å². The fraction of sp³-hybridized carbons (Fsp3) is 0. The quantitative estimate of drug-likeness (QED) is 0.101. The van der Waals surface area contributed by atoms with Gasteiger partial charge in [0.05, 0.1) is 17.1 Å². The summed E-state index contributed by atoms with van der Waals surface area (Å²) in [7, 11) is 0. The smallest absolute Gasteiger partial charge is 0.0540 e. The van der Waals surface area contributed by atoms with E-state index in [1.807, 2.05) is 0 Å². The second kappa shape index (κ2) is 26.1. The zero-order chi connectivity index (χ0) is 65.1. The van der Waals surface area contributed by atoms with E-state index in [9.17, 15) is 0 Å². The summed E-state index contributed by atoms with van der Waals surface area (Å²) in [4.78, 5) is 4.88. The van der Waals surface area contributed by atoms with Crippen molar-refractivity contribution in [3.63, 3.8) is 0 Å². The molecular formula is C96H66N2. The summed E-state index contributed by atoms with van der Waals surface area (Å²) in [6.45, 7) is 0. The van der Waals surface area contributed by atoms with Crippen LogP contribution >= 0.6 is 0 Å². The van der Waals surface area contributed by atoms with E-state index >= 15 is 0 Å². The maximum absolute atomic E-state index is 2.44. The molecule has 0 aliphatic heterocycles. The van der Waals surface area contributed by atoms with Crippen molar-refractivity contribution >= 4 is 66.4 Å². The molecule has 0 heterocycles. The summed E-state index contributed by atoms with van der Waals surface area (Å²) in [6.07, 6.45) is 0. The van der Waals surface area contributed by atoms with Crippen molar-refractivity contribution in [2.45, 2.75) is 0 Å². The first-order chi connectivity index (χ1) is 48.6. The first-order valence-electron chi connectivity index (χ1n) is 33.7. The van der Waals surface area contributed by atoms with Gasteiger partial charge in [0.15, 0.2) is 0 Å². The van der Waals surface area contributed by atoms with E-state index in [-0.39, 0.29) is 0 Å². The molecule has 0 atom stereocenters. The summed E-state index contributed by atoms with van der Waals surface area (Å²) < 4.78 is 0. The second-order valence-electron chi connectivity index (χ2n) is 25.2. The molecule has 0 aliphatic carbocycles. The monoisotopic (exact) mass is 1250 g/mol. The second-order valence-corrected chi connectivity index (χ2v) is 25.2. The van der Waals surface area contributed by atoms with Gasteiger partial charge in [-0.25, -0.2) is 0 Å². The summed E-state index contributed by atoms with van der Waals surface area (Å²) in [5, 5.41) is 7.23. The van der Waals surface area contributed by atoms with E-state index < -0.39 is 0 Å². The van der Waals surface area contributed by atoms with Crippen LogP contribution < -0.4 is 9.80 Å². The molecule has 0 aliphatic rings. The molecule has 0 aromatic heterocycles. The van der Waals surface area contributed by atoms with E-state index in [2.05, 4.69) is 410 Å². The molecule has 98 heavy (non-hydrogen) atoms. The minimum absolute atomic E-state index is 1.07. The summed E-state index contributed by atoms with van der Waals surface area (Å²) in [6, 6.07) is 146. The van der Waals surface area contributed by atoms with Gasteiger partial charge in [0.1, 0.15) is 0 Å². The highest BCUT2D eigenvalue weighted by Gasteiger charge is 2.23. The maximum atomic E-state index is 2.44. The van der Waals surface area contributed by atoms with Gasteiger partial charge in [-0.05, 0) is 195 Å². The Morgan fingerprint density at radius 2 is 0.408 bits per heavy atom. The Bertz CT molecular complexity index is 5740. The Kier molecular flexibility index (Phi) is 15.7. The highest BCUT2D eigenvalue weighted by atomic mass is 15.2. The van der Waals surface area contributed by atoms with E-state index in [4.69, 9.17) is 0 Å². The lowest BCUT2D eigenvalue weighted by atomic mass is 9.93. The lowest BCUT2D eigenvalue weighted by molar-refractivity contribution is 1.28. The maximum Gasteiger partial charge on any atom is 0.0540 e. The third-order valence-corrected chi connectivity index (χ3v) is 19.2. The van der Waals surface area contributed by atoms with Crippen LogP contribution in [0.25, 0.3) is 132 Å². The van der Waals surface area contributed by atoms with E-state index in [1.165, 1.54) is 76.8 Å². The van der Waals surface area contributed by atoms with Crippen LogP contribution in [0.3, 0.4) is 0 Å². The SMILES string of the molecule is c1ccc(-c2ccc(-c3ccccc3N(c3cccc(-c4ccc5ccccc5c4)c3)c3cccc(-c4cccc5cc(-c6ccc7cc(-c8cccc(N(c9ccccc9-c9ccccc9)c9ccccc9-c9ccc(-c%10ccccc%10)cc9)c8)ccc7c6)ccc45)c3)cc2)cc1. The highest BCUT2D eigenvalue weighted by molar-refractivity contribution is 6.02. The standard InChI is InChI=1S/C96H66N2/c1-4-22-67(23-5-1)70-44-49-73(50-45-70)92-38-12-15-41-94(92)97(86-34-18-30-76(64-86)78-53-48-69-26-10-11-29-75(69)60-78)87-35-20-32-85(66-87)89-40-21-33-84-63-83(58-59-90(84)89)82-57-56-80-61-79(54-55-81(80)62-82)77-31-19-36-88(65-77)98(95-42-16-13-37-91(95)72-27-8-3-9-28-72)96-43-17-14-39-93(96)74-51-46-71(47-52-74)68-24-6-2-7-25-68/h1-66H. The van der Waals surface area contributed by atoms with Gasteiger partial charge in [-0.1, -0.05) is 322 Å². The van der Waals surface area contributed by atoms with Crippen molar-refractivity contribution in [3.8, 4) is 100 Å². The third-order valence-electron chi connectivity index (χ3n) is 19.2. The van der Waals surface area contributed by atoms with Crippen LogP contribution in [0, 0.1) is 0 Å². The first kappa shape index (κ1) is 58.9. The van der Waals surface area contributed by atoms with E-state index in [0.29, 0.717) is 0 Å². The molecule has 0 unspecified atom stereocenters. The number of anilines is 6. The molecule has 2 heteroatoms. The molecule has 0 fully saturated rings. The summed E-state index contributed by atoms with van der Waals surface area (Å²) in [5.41, 5.74) is 27.6. The predicted octanol–water partition coefficient (Wildman–Crippen LogP) is 27.1. The fourth-order valence-electron chi connectivity index (χ4n) is 14.3. The highest BCUT2D eigenvalue weighted by Crippen LogP contribution is 2.48. The molecule has 0 saturated heterocycles. The lowest BCUT2D eigenvalue weighted by Gasteiger charge is -2.30. The molecule has 17 aromatic carbocycles. The number of rotatable bonds is 15. The van der Waals surface area contributed by atoms with Gasteiger partial charge in [-0.15, -0.1) is 0 Å². The van der Waals surface area contributed by atoms with Crippen LogP contribution in [-0.4, -0.2) is 0 Å². The molecule has 0 saturated carbocycles. The Balaban J connectivity index is 0.696. The van der Waals surface area contributed by atoms with Crippen molar-refractivity contribution in [2.24, 2.45) is 0 Å². The first-order valence-corrected chi connectivity index (χ1v) is 33.7. The molecule has 0 spiro atoms. The van der Waals surface area contributed by atoms with Crippen LogP contribution in [0.15, 0.2) is 400 Å². The van der Waals surface area contributed by atoms with E-state index in [1.54, 1.807) is 0 Å². The number of fused-ring (bicyclic) bond motifs is 3. The van der Waals surface area contributed by atoms with Crippen molar-refractivity contribution in [2.75, 3.05) is 9.80 Å². The van der Waals surface area contributed by atoms with Gasteiger partial charge in [0.2, 0.25) is 0 Å². The molecule has 460 valence electrons. The number of hydrogen-bond donors (Lipinski definition) is 0. The van der Waals surface area contributed by atoms with Crippen LogP contribution in [0.1, 0.15) is 0 Å². The molecule has 0 bridgehead atoms. The Hall–Kier alpha value is -12.9. The van der Waals surface area contributed by atoms with Crippen LogP contribution in [0.5, 0.6) is 0 Å². The van der Waals surface area contributed by atoms with E-state index in [0.717, 1.165) is 89.8 Å². The summed E-state index contributed by atoms with van der Waals surface area (Å²) >= 11 is 0. The van der Waals surface area contributed by atoms with Gasteiger partial charge in [0, 0.05) is 33.8 Å². The van der Waals surface area contributed by atoms with Gasteiger partial charge in [-0.3, -0.25) is 0 Å². The van der Waals surface area contributed by atoms with Crippen molar-refractivity contribution in [1.82, 2.24) is 0 Å². The molecule has 0 radical (unpaired) electrons. The normalized spacial score (nSPS) is 11.3. The Labute approximate surface area is 573 Å². The van der Waals surface area contributed by atoms with Crippen LogP contribution in [0.2, 0.25) is 0 Å². The molecule has 17 rings (SSSR count). The Morgan fingerprint density at radius 3 is 0.908 bits per heavy atom. The zero-order valence-corrected chi connectivity index (χ0v) is 54.0. The molecular weight excluding hydrogens is 1180 g/mol. The van der Waals surface area contributed by atoms with Gasteiger partial charge in [0.25, 0.3) is 0 Å². The average molecular weight is 1250 g/mol. The van der Waals surface area contributed by atoms with Crippen molar-refractivity contribution in [1.29, 1.82) is 0 Å². The van der Waals surface area contributed by atoms with Gasteiger partial charge < -0.3 is 9.80 Å². The van der Waals surface area contributed by atoms with Gasteiger partial charge in [-0.2, -0.15) is 0 Å². The molecule has 17 aromatic rings. The fourth-order valence-corrected chi connectivity index (χ4v) is 14.3. The van der Waals surface area contributed by atoms with Gasteiger partial charge >= 0.3 is 0 Å². The number of benzene rings is 17. The number of para-hydroxylation sites is 3. The third kappa shape index (κ3) is 11.7.